The predicted octanol–water partition coefficient (Wildman–Crippen LogP) is 4.20. The van der Waals surface area contributed by atoms with Gasteiger partial charge in [0.25, 0.3) is 0 Å². The number of hydrogen-bond donors (Lipinski definition) is 1. The summed E-state index contributed by atoms with van der Waals surface area (Å²) in [6, 6.07) is 10.5. The van der Waals surface area contributed by atoms with Gasteiger partial charge in [0.15, 0.2) is 0 Å². The fraction of sp³-hybridized carbons (Fsp3) is 0.400. The van der Waals surface area contributed by atoms with Crippen LogP contribution in [0.25, 0.3) is 0 Å². The number of aromatic nitrogens is 2. The molecule has 1 heterocycles. The zero-order valence-electron chi connectivity index (χ0n) is 11.4. The van der Waals surface area contributed by atoms with Crippen molar-refractivity contribution in [1.82, 2.24) is 9.97 Å². The molecule has 0 saturated heterocycles. The van der Waals surface area contributed by atoms with Gasteiger partial charge in [0.1, 0.15) is 5.82 Å². The first-order chi connectivity index (χ1) is 8.18. The van der Waals surface area contributed by atoms with Gasteiger partial charge in [-0.1, -0.05) is 51.1 Å². The Morgan fingerprint density at radius 1 is 1.06 bits per heavy atom. The molecule has 1 aromatic heterocycles. The number of nitrogens with one attached hydrogen (secondary N) is 1. The molecule has 0 aliphatic rings. The summed E-state index contributed by atoms with van der Waals surface area (Å²) < 4.78 is 0. The van der Waals surface area contributed by atoms with E-state index >= 15 is 0 Å². The van der Waals surface area contributed by atoms with Gasteiger partial charge in [-0.15, -0.1) is 0 Å². The summed E-state index contributed by atoms with van der Waals surface area (Å²) in [7, 11) is 0. The molecule has 17 heavy (non-hydrogen) atoms. The average Bonchev–Trinajstić information content (AvgIpc) is 2.71. The third kappa shape index (κ3) is 3.19. The highest BCUT2D eigenvalue weighted by Gasteiger charge is 2.13. The number of aromatic amines is 1. The molecule has 2 rings (SSSR count). The highest BCUT2D eigenvalue weighted by molar-refractivity contribution is 5.30. The minimum atomic E-state index is 0.358. The second kappa shape index (κ2) is 6.24. The molecule has 2 nitrogen and oxygen atoms in total. The summed E-state index contributed by atoms with van der Waals surface area (Å²) in [6.07, 6.45) is 0. The van der Waals surface area contributed by atoms with E-state index < -0.39 is 0 Å². The summed E-state index contributed by atoms with van der Waals surface area (Å²) in [4.78, 5) is 7.78. The van der Waals surface area contributed by atoms with Crippen LogP contribution >= 0.6 is 0 Å². The van der Waals surface area contributed by atoms with E-state index in [0.29, 0.717) is 5.92 Å². The Hall–Kier alpha value is -1.57. The maximum Gasteiger partial charge on any atom is 0.103 e. The van der Waals surface area contributed by atoms with Crippen molar-refractivity contribution in [2.24, 2.45) is 0 Å². The average molecular weight is 230 g/mol. The van der Waals surface area contributed by atoms with Crippen LogP contribution in [0.1, 0.15) is 49.5 Å². The molecule has 1 aromatic carbocycles. The molecule has 0 fully saturated rings. The van der Waals surface area contributed by atoms with Gasteiger partial charge in [-0.25, -0.2) is 4.98 Å². The molecular formula is C15H22N2. The zero-order valence-corrected chi connectivity index (χ0v) is 11.4. The largest absolute Gasteiger partial charge is 0.346 e. The quantitative estimate of drug-likeness (QED) is 0.822. The maximum absolute atomic E-state index is 4.53. The van der Waals surface area contributed by atoms with Crippen LogP contribution in [0.15, 0.2) is 30.3 Å². The number of H-pyrrole nitrogens is 1. The summed E-state index contributed by atoms with van der Waals surface area (Å²) in [6.45, 7) is 10.3. The van der Waals surface area contributed by atoms with Crippen molar-refractivity contribution in [2.45, 2.75) is 40.5 Å². The van der Waals surface area contributed by atoms with Gasteiger partial charge < -0.3 is 4.98 Å². The van der Waals surface area contributed by atoms with Crippen LogP contribution in [0, 0.1) is 13.8 Å². The Morgan fingerprint density at radius 2 is 1.65 bits per heavy atom. The van der Waals surface area contributed by atoms with Gasteiger partial charge in [0.05, 0.1) is 5.69 Å². The van der Waals surface area contributed by atoms with E-state index in [4.69, 9.17) is 0 Å². The molecule has 1 atom stereocenters. The van der Waals surface area contributed by atoms with Crippen molar-refractivity contribution >= 4 is 0 Å². The lowest BCUT2D eigenvalue weighted by molar-refractivity contribution is 0.868. The maximum atomic E-state index is 4.53. The molecule has 0 bridgehead atoms. The molecule has 0 amide bonds. The molecule has 0 spiro atoms. The first kappa shape index (κ1) is 13.5. The SMILES string of the molecule is CC.Cc1nc(C(C)c2ccccc2)c(C)[nH]1. The van der Waals surface area contributed by atoms with Gasteiger partial charge in [0.2, 0.25) is 0 Å². The van der Waals surface area contributed by atoms with E-state index in [1.807, 2.05) is 26.8 Å². The first-order valence-electron chi connectivity index (χ1n) is 6.26. The molecule has 92 valence electrons. The lowest BCUT2D eigenvalue weighted by atomic mass is 9.97. The number of benzene rings is 1. The van der Waals surface area contributed by atoms with E-state index in [2.05, 4.69) is 48.1 Å². The predicted molar refractivity (Wildman–Crippen MR) is 73.4 cm³/mol. The molecule has 0 saturated carbocycles. The van der Waals surface area contributed by atoms with Crippen LogP contribution in [0.5, 0.6) is 0 Å². The van der Waals surface area contributed by atoms with Gasteiger partial charge in [-0.05, 0) is 19.4 Å². The summed E-state index contributed by atoms with van der Waals surface area (Å²) >= 11 is 0. The van der Waals surface area contributed by atoms with Crippen molar-refractivity contribution in [3.63, 3.8) is 0 Å². The highest BCUT2D eigenvalue weighted by atomic mass is 14.9. The fourth-order valence-corrected chi connectivity index (χ4v) is 1.95. The van der Waals surface area contributed by atoms with Crippen molar-refractivity contribution in [3.8, 4) is 0 Å². The second-order valence-electron chi connectivity index (χ2n) is 3.96. The Labute approximate surface area is 104 Å². The van der Waals surface area contributed by atoms with Crippen LogP contribution in [-0.2, 0) is 0 Å². The third-order valence-electron chi connectivity index (χ3n) is 2.75. The van der Waals surface area contributed by atoms with Crippen molar-refractivity contribution < 1.29 is 0 Å². The van der Waals surface area contributed by atoms with E-state index in [1.54, 1.807) is 0 Å². The minimum absolute atomic E-state index is 0.358. The second-order valence-corrected chi connectivity index (χ2v) is 3.96. The Bertz CT molecular complexity index is 443. The van der Waals surface area contributed by atoms with Crippen molar-refractivity contribution in [1.29, 1.82) is 0 Å². The molecule has 0 aliphatic carbocycles. The normalized spacial score (nSPS) is 11.6. The summed E-state index contributed by atoms with van der Waals surface area (Å²) in [5.74, 6) is 1.35. The van der Waals surface area contributed by atoms with Crippen LogP contribution in [0.2, 0.25) is 0 Å². The minimum Gasteiger partial charge on any atom is -0.346 e. The smallest absolute Gasteiger partial charge is 0.103 e. The third-order valence-corrected chi connectivity index (χ3v) is 2.75. The van der Waals surface area contributed by atoms with Gasteiger partial charge in [0, 0.05) is 11.6 Å². The van der Waals surface area contributed by atoms with Gasteiger partial charge in [-0.2, -0.15) is 0 Å². The molecule has 1 N–H and O–H groups in total. The van der Waals surface area contributed by atoms with Gasteiger partial charge >= 0.3 is 0 Å². The lowest BCUT2D eigenvalue weighted by Gasteiger charge is -2.09. The van der Waals surface area contributed by atoms with Crippen LogP contribution in [-0.4, -0.2) is 9.97 Å². The highest BCUT2D eigenvalue weighted by Crippen LogP contribution is 2.24. The van der Waals surface area contributed by atoms with Crippen molar-refractivity contribution in [2.75, 3.05) is 0 Å². The standard InChI is InChI=1S/C13H16N2.C2H6/c1-9(12-7-5-4-6-8-12)13-10(2)14-11(3)15-13;1-2/h4-9H,1-3H3,(H,14,15);1-2H3. The molecule has 1 unspecified atom stereocenters. The Morgan fingerprint density at radius 3 is 2.12 bits per heavy atom. The molecule has 2 aromatic rings. The van der Waals surface area contributed by atoms with Crippen LogP contribution in [0.3, 0.4) is 0 Å². The number of nitrogens with zero attached hydrogens (tertiary/aromatic N) is 1. The van der Waals surface area contributed by atoms with E-state index in [-0.39, 0.29) is 0 Å². The topological polar surface area (TPSA) is 28.7 Å². The molecule has 2 heteroatoms. The van der Waals surface area contributed by atoms with E-state index in [1.165, 1.54) is 11.3 Å². The number of rotatable bonds is 2. The number of aryl methyl sites for hydroxylation is 2. The van der Waals surface area contributed by atoms with Crippen LogP contribution in [0.4, 0.5) is 0 Å². The number of hydrogen-bond acceptors (Lipinski definition) is 1. The molecule has 0 radical (unpaired) electrons. The monoisotopic (exact) mass is 230 g/mol. The molecule has 0 aliphatic heterocycles. The Kier molecular flexibility index (Phi) is 4.95. The lowest BCUT2D eigenvalue weighted by Crippen LogP contribution is -1.98. The van der Waals surface area contributed by atoms with Crippen molar-refractivity contribution in [3.05, 3.63) is 53.1 Å². The van der Waals surface area contributed by atoms with Gasteiger partial charge in [-0.3, -0.25) is 0 Å². The van der Waals surface area contributed by atoms with E-state index in [9.17, 15) is 0 Å². The summed E-state index contributed by atoms with van der Waals surface area (Å²) in [5, 5.41) is 0. The summed E-state index contributed by atoms with van der Waals surface area (Å²) in [5.41, 5.74) is 3.63. The molecular weight excluding hydrogens is 208 g/mol. The van der Waals surface area contributed by atoms with E-state index in [0.717, 1.165) is 11.5 Å². The van der Waals surface area contributed by atoms with Crippen LogP contribution < -0.4 is 0 Å². The first-order valence-corrected chi connectivity index (χ1v) is 6.26. The fourth-order valence-electron chi connectivity index (χ4n) is 1.95. The zero-order chi connectivity index (χ0) is 12.8. The number of imidazole rings is 1. The Balaban J connectivity index is 0.000000686.